The van der Waals surface area contributed by atoms with Crippen molar-refractivity contribution >= 4 is 0 Å². The summed E-state index contributed by atoms with van der Waals surface area (Å²) >= 11 is 0. The second-order valence-corrected chi connectivity index (χ2v) is 6.79. The Bertz CT molecular complexity index is 519. The Morgan fingerprint density at radius 3 is 2.62 bits per heavy atom. The van der Waals surface area contributed by atoms with Crippen molar-refractivity contribution in [2.45, 2.75) is 44.8 Å². The number of hydrogen-bond acceptors (Lipinski definition) is 3. The quantitative estimate of drug-likeness (QED) is 0.874. The van der Waals surface area contributed by atoms with Crippen molar-refractivity contribution in [2.75, 3.05) is 6.54 Å². The topological polar surface area (TPSA) is 56.0 Å². The molecule has 3 heteroatoms. The SMILES string of the molecule is CC(NCC(O)c1ccc(C#N)cc1)C1CC2CCC1C2. The van der Waals surface area contributed by atoms with E-state index in [2.05, 4.69) is 18.3 Å². The van der Waals surface area contributed by atoms with Crippen LogP contribution < -0.4 is 5.32 Å². The van der Waals surface area contributed by atoms with Gasteiger partial charge in [-0.05, 0) is 61.6 Å². The third-order valence-corrected chi connectivity index (χ3v) is 5.49. The van der Waals surface area contributed by atoms with E-state index < -0.39 is 6.10 Å². The van der Waals surface area contributed by atoms with Crippen molar-refractivity contribution < 1.29 is 5.11 Å². The third kappa shape index (κ3) is 3.12. The zero-order valence-corrected chi connectivity index (χ0v) is 12.6. The van der Waals surface area contributed by atoms with Crippen molar-refractivity contribution in [2.24, 2.45) is 17.8 Å². The second kappa shape index (κ2) is 6.17. The Balaban J connectivity index is 1.51. The summed E-state index contributed by atoms with van der Waals surface area (Å²) in [6, 6.07) is 9.78. The summed E-state index contributed by atoms with van der Waals surface area (Å²) in [5.74, 6) is 2.66. The molecule has 0 aromatic heterocycles. The molecule has 5 atom stereocenters. The van der Waals surface area contributed by atoms with Crippen LogP contribution in [0.2, 0.25) is 0 Å². The molecule has 5 unspecified atom stereocenters. The van der Waals surface area contributed by atoms with Crippen molar-refractivity contribution in [1.29, 1.82) is 5.26 Å². The second-order valence-electron chi connectivity index (χ2n) is 6.79. The van der Waals surface area contributed by atoms with Gasteiger partial charge in [-0.15, -0.1) is 0 Å². The first-order chi connectivity index (χ1) is 10.2. The van der Waals surface area contributed by atoms with Crippen LogP contribution in [-0.4, -0.2) is 17.7 Å². The highest BCUT2D eigenvalue weighted by atomic mass is 16.3. The molecule has 2 fully saturated rings. The fourth-order valence-electron chi connectivity index (χ4n) is 4.25. The van der Waals surface area contributed by atoms with E-state index >= 15 is 0 Å². The fraction of sp³-hybridized carbons (Fsp3) is 0.611. The van der Waals surface area contributed by atoms with Gasteiger partial charge in [-0.2, -0.15) is 5.26 Å². The van der Waals surface area contributed by atoms with Gasteiger partial charge in [0.1, 0.15) is 0 Å². The van der Waals surface area contributed by atoms with Crippen LogP contribution >= 0.6 is 0 Å². The molecule has 2 N–H and O–H groups in total. The summed E-state index contributed by atoms with van der Waals surface area (Å²) in [5.41, 5.74) is 1.51. The van der Waals surface area contributed by atoms with Gasteiger partial charge >= 0.3 is 0 Å². The van der Waals surface area contributed by atoms with E-state index in [0.717, 1.165) is 23.3 Å². The lowest BCUT2D eigenvalue weighted by molar-refractivity contribution is 0.158. The Hall–Kier alpha value is -1.37. The van der Waals surface area contributed by atoms with Crippen LogP contribution in [0.25, 0.3) is 0 Å². The highest BCUT2D eigenvalue weighted by Gasteiger charge is 2.41. The van der Waals surface area contributed by atoms with Crippen molar-refractivity contribution in [3.05, 3.63) is 35.4 Å². The molecule has 2 bridgehead atoms. The number of rotatable bonds is 5. The first-order valence-corrected chi connectivity index (χ1v) is 8.09. The Morgan fingerprint density at radius 2 is 2.05 bits per heavy atom. The van der Waals surface area contributed by atoms with Crippen LogP contribution in [-0.2, 0) is 0 Å². The molecule has 1 aromatic carbocycles. The number of nitrogens with zero attached hydrogens (tertiary/aromatic N) is 1. The van der Waals surface area contributed by atoms with Gasteiger partial charge < -0.3 is 10.4 Å². The molecule has 2 saturated carbocycles. The summed E-state index contributed by atoms with van der Waals surface area (Å²) in [7, 11) is 0. The Morgan fingerprint density at radius 1 is 1.29 bits per heavy atom. The van der Waals surface area contributed by atoms with Crippen LogP contribution in [0.3, 0.4) is 0 Å². The van der Waals surface area contributed by atoms with Crippen LogP contribution in [0.15, 0.2) is 24.3 Å². The van der Waals surface area contributed by atoms with Crippen LogP contribution in [0.5, 0.6) is 0 Å². The lowest BCUT2D eigenvalue weighted by atomic mass is 9.84. The van der Waals surface area contributed by atoms with E-state index in [1.165, 1.54) is 25.7 Å². The average molecular weight is 284 g/mol. The Kier molecular flexibility index (Phi) is 4.28. The monoisotopic (exact) mass is 284 g/mol. The van der Waals surface area contributed by atoms with Gasteiger partial charge in [0.2, 0.25) is 0 Å². The maximum Gasteiger partial charge on any atom is 0.0991 e. The predicted molar refractivity (Wildman–Crippen MR) is 82.5 cm³/mol. The summed E-state index contributed by atoms with van der Waals surface area (Å²) in [6.45, 7) is 2.85. The average Bonchev–Trinajstić information content (AvgIpc) is 3.15. The molecule has 21 heavy (non-hydrogen) atoms. The molecule has 0 aliphatic heterocycles. The molecule has 3 nitrogen and oxygen atoms in total. The highest BCUT2D eigenvalue weighted by Crippen LogP contribution is 2.49. The number of hydrogen-bond donors (Lipinski definition) is 2. The smallest absolute Gasteiger partial charge is 0.0991 e. The molecular formula is C18H24N2O. The van der Waals surface area contributed by atoms with Gasteiger partial charge in [0.15, 0.2) is 0 Å². The van der Waals surface area contributed by atoms with Crippen molar-refractivity contribution in [3.8, 4) is 6.07 Å². The maximum absolute atomic E-state index is 10.3. The van der Waals surface area contributed by atoms with Crippen molar-refractivity contribution in [1.82, 2.24) is 5.32 Å². The molecule has 0 radical (unpaired) electrons. The molecule has 112 valence electrons. The minimum absolute atomic E-state index is 0.480. The minimum Gasteiger partial charge on any atom is -0.387 e. The van der Waals surface area contributed by atoms with E-state index in [1.54, 1.807) is 12.1 Å². The van der Waals surface area contributed by atoms with Crippen LogP contribution in [0.4, 0.5) is 0 Å². The van der Waals surface area contributed by atoms with Gasteiger partial charge in [0, 0.05) is 12.6 Å². The van der Waals surface area contributed by atoms with Crippen molar-refractivity contribution in [3.63, 3.8) is 0 Å². The minimum atomic E-state index is -0.501. The number of nitriles is 1. The first kappa shape index (κ1) is 14.6. The molecule has 1 aromatic rings. The lowest BCUT2D eigenvalue weighted by Crippen LogP contribution is -2.38. The summed E-state index contributed by atoms with van der Waals surface area (Å²) in [5, 5.41) is 22.6. The number of aliphatic hydroxyl groups excluding tert-OH is 1. The van der Waals surface area contributed by atoms with Crippen LogP contribution in [0.1, 0.15) is 49.8 Å². The molecular weight excluding hydrogens is 260 g/mol. The number of nitrogens with one attached hydrogen (secondary N) is 1. The van der Waals surface area contributed by atoms with E-state index in [4.69, 9.17) is 5.26 Å². The molecule has 0 spiro atoms. The highest BCUT2D eigenvalue weighted by molar-refractivity contribution is 5.32. The Labute approximate surface area is 127 Å². The first-order valence-electron chi connectivity index (χ1n) is 8.09. The maximum atomic E-state index is 10.3. The van der Waals surface area contributed by atoms with Gasteiger partial charge in [-0.25, -0.2) is 0 Å². The standard InChI is InChI=1S/C18H24N2O/c1-12(17-9-14-4-7-16(17)8-14)20-11-18(21)15-5-2-13(10-19)3-6-15/h2-3,5-6,12,14,16-18,20-21H,4,7-9,11H2,1H3. The van der Waals surface area contributed by atoms with Crippen LogP contribution in [0, 0.1) is 29.1 Å². The number of aliphatic hydroxyl groups is 1. The largest absolute Gasteiger partial charge is 0.387 e. The summed E-state index contributed by atoms with van der Waals surface area (Å²) < 4.78 is 0. The number of benzene rings is 1. The van der Waals surface area contributed by atoms with E-state index in [1.807, 2.05) is 12.1 Å². The molecule has 2 aliphatic carbocycles. The fourth-order valence-corrected chi connectivity index (χ4v) is 4.25. The lowest BCUT2D eigenvalue weighted by Gasteiger charge is -2.29. The zero-order chi connectivity index (χ0) is 14.8. The molecule has 0 saturated heterocycles. The van der Waals surface area contributed by atoms with Gasteiger partial charge in [-0.3, -0.25) is 0 Å². The molecule has 0 amide bonds. The summed E-state index contributed by atoms with van der Waals surface area (Å²) in [6.07, 6.45) is 5.13. The summed E-state index contributed by atoms with van der Waals surface area (Å²) in [4.78, 5) is 0. The van der Waals surface area contributed by atoms with Gasteiger partial charge in [-0.1, -0.05) is 18.6 Å². The molecule has 2 aliphatic rings. The van der Waals surface area contributed by atoms with Gasteiger partial charge in [0.05, 0.1) is 17.7 Å². The van der Waals surface area contributed by atoms with E-state index in [0.29, 0.717) is 18.2 Å². The molecule has 3 rings (SSSR count). The predicted octanol–water partition coefficient (Wildman–Crippen LogP) is 3.01. The zero-order valence-electron chi connectivity index (χ0n) is 12.6. The van der Waals surface area contributed by atoms with E-state index in [9.17, 15) is 5.11 Å². The van der Waals surface area contributed by atoms with E-state index in [-0.39, 0.29) is 0 Å². The normalized spacial score (nSPS) is 30.0. The van der Waals surface area contributed by atoms with Gasteiger partial charge in [0.25, 0.3) is 0 Å². The number of fused-ring (bicyclic) bond motifs is 2. The molecule has 0 heterocycles. The third-order valence-electron chi connectivity index (χ3n) is 5.49.